The minimum Gasteiger partial charge on any atom is -0.493 e. The second-order valence-corrected chi connectivity index (χ2v) is 4.83. The Kier molecular flexibility index (Phi) is 5.57. The summed E-state index contributed by atoms with van der Waals surface area (Å²) in [5.74, 6) is -0.837. The molecule has 2 aromatic carbocycles. The lowest BCUT2D eigenvalue weighted by atomic mass is 10.1. The number of carbonyl (C=O) groups is 1. The standard InChI is InChI=1S/C17H17F2NO4/c1-22-14-6-11(7-15(23-2)16(14)24-3)17(21)20-9-10-4-5-12(18)8-13(10)19/h4-8H,9H2,1-3H3,(H,20,21). The van der Waals surface area contributed by atoms with Crippen molar-refractivity contribution >= 4 is 5.91 Å². The van der Waals surface area contributed by atoms with E-state index in [1.807, 2.05) is 0 Å². The molecule has 0 saturated heterocycles. The van der Waals surface area contributed by atoms with Crippen LogP contribution in [0.25, 0.3) is 0 Å². The van der Waals surface area contributed by atoms with Crippen molar-refractivity contribution in [2.45, 2.75) is 6.54 Å². The van der Waals surface area contributed by atoms with Gasteiger partial charge in [0.15, 0.2) is 11.5 Å². The quantitative estimate of drug-likeness (QED) is 0.881. The lowest BCUT2D eigenvalue weighted by molar-refractivity contribution is 0.0949. The fourth-order valence-corrected chi connectivity index (χ4v) is 2.15. The number of benzene rings is 2. The molecule has 0 aromatic heterocycles. The van der Waals surface area contributed by atoms with Gasteiger partial charge in [0.2, 0.25) is 5.75 Å². The zero-order valence-electron chi connectivity index (χ0n) is 13.5. The molecule has 0 fully saturated rings. The molecular formula is C17H17F2NO4. The second-order valence-electron chi connectivity index (χ2n) is 4.83. The minimum absolute atomic E-state index is 0.0817. The number of methoxy groups -OCH3 is 3. The van der Waals surface area contributed by atoms with E-state index in [9.17, 15) is 13.6 Å². The number of carbonyl (C=O) groups excluding carboxylic acids is 1. The first-order valence-corrected chi connectivity index (χ1v) is 7.02. The van der Waals surface area contributed by atoms with Crippen LogP contribution in [0.2, 0.25) is 0 Å². The number of hydrogen-bond acceptors (Lipinski definition) is 4. The van der Waals surface area contributed by atoms with E-state index in [0.717, 1.165) is 12.1 Å². The van der Waals surface area contributed by atoms with E-state index < -0.39 is 17.5 Å². The first kappa shape index (κ1) is 17.5. The summed E-state index contributed by atoms with van der Waals surface area (Å²) in [6, 6.07) is 6.14. The number of amides is 1. The molecule has 1 amide bonds. The van der Waals surface area contributed by atoms with Crippen molar-refractivity contribution < 1.29 is 27.8 Å². The molecule has 0 aliphatic heterocycles. The lowest BCUT2D eigenvalue weighted by Crippen LogP contribution is -2.23. The third-order valence-corrected chi connectivity index (χ3v) is 3.38. The first-order chi connectivity index (χ1) is 11.5. The van der Waals surface area contributed by atoms with Crippen molar-refractivity contribution in [3.63, 3.8) is 0 Å². The highest BCUT2D eigenvalue weighted by atomic mass is 19.1. The summed E-state index contributed by atoms with van der Waals surface area (Å²) in [7, 11) is 4.33. The maximum atomic E-state index is 13.6. The highest BCUT2D eigenvalue weighted by molar-refractivity contribution is 5.95. The van der Waals surface area contributed by atoms with Crippen molar-refractivity contribution in [3.8, 4) is 17.2 Å². The number of ether oxygens (including phenoxy) is 3. The molecule has 0 saturated carbocycles. The Morgan fingerprint density at radius 2 is 1.62 bits per heavy atom. The Balaban J connectivity index is 2.20. The molecule has 0 heterocycles. The zero-order chi connectivity index (χ0) is 17.7. The van der Waals surface area contributed by atoms with Gasteiger partial charge >= 0.3 is 0 Å². The van der Waals surface area contributed by atoms with Gasteiger partial charge in [-0.2, -0.15) is 0 Å². The topological polar surface area (TPSA) is 56.8 Å². The Morgan fingerprint density at radius 1 is 1.00 bits per heavy atom. The van der Waals surface area contributed by atoms with Crippen LogP contribution in [0.15, 0.2) is 30.3 Å². The predicted octanol–water partition coefficient (Wildman–Crippen LogP) is 2.92. The SMILES string of the molecule is COc1cc(C(=O)NCc2ccc(F)cc2F)cc(OC)c1OC. The van der Waals surface area contributed by atoms with Crippen molar-refractivity contribution in [2.24, 2.45) is 0 Å². The van der Waals surface area contributed by atoms with Crippen molar-refractivity contribution in [2.75, 3.05) is 21.3 Å². The molecule has 5 nitrogen and oxygen atoms in total. The van der Waals surface area contributed by atoms with E-state index in [2.05, 4.69) is 5.32 Å². The molecule has 0 aliphatic rings. The van der Waals surface area contributed by atoms with Crippen LogP contribution in [-0.4, -0.2) is 27.2 Å². The molecule has 0 radical (unpaired) electrons. The summed E-state index contributed by atoms with van der Waals surface area (Å²) in [5.41, 5.74) is 0.434. The monoisotopic (exact) mass is 337 g/mol. The minimum atomic E-state index is -0.722. The van der Waals surface area contributed by atoms with Gasteiger partial charge in [0, 0.05) is 23.7 Å². The average molecular weight is 337 g/mol. The summed E-state index contributed by atoms with van der Waals surface area (Å²) < 4.78 is 42.0. The molecule has 0 atom stereocenters. The van der Waals surface area contributed by atoms with Crippen LogP contribution >= 0.6 is 0 Å². The summed E-state index contributed by atoms with van der Waals surface area (Å²) >= 11 is 0. The van der Waals surface area contributed by atoms with E-state index in [1.54, 1.807) is 0 Å². The first-order valence-electron chi connectivity index (χ1n) is 7.02. The zero-order valence-corrected chi connectivity index (χ0v) is 13.5. The molecule has 0 spiro atoms. The molecule has 1 N–H and O–H groups in total. The van der Waals surface area contributed by atoms with Gasteiger partial charge in [0.05, 0.1) is 21.3 Å². The fraction of sp³-hybridized carbons (Fsp3) is 0.235. The highest BCUT2D eigenvalue weighted by Crippen LogP contribution is 2.38. The summed E-state index contributed by atoms with van der Waals surface area (Å²) in [4.78, 5) is 12.3. The van der Waals surface area contributed by atoms with Crippen LogP contribution < -0.4 is 19.5 Å². The van der Waals surface area contributed by atoms with Crippen LogP contribution in [0.5, 0.6) is 17.2 Å². The lowest BCUT2D eigenvalue weighted by Gasteiger charge is -2.14. The van der Waals surface area contributed by atoms with Gasteiger partial charge < -0.3 is 19.5 Å². The predicted molar refractivity (Wildman–Crippen MR) is 83.6 cm³/mol. The van der Waals surface area contributed by atoms with Crippen molar-refractivity contribution in [1.29, 1.82) is 0 Å². The third kappa shape index (κ3) is 3.73. The number of hydrogen-bond donors (Lipinski definition) is 1. The van der Waals surface area contributed by atoms with E-state index in [4.69, 9.17) is 14.2 Å². The average Bonchev–Trinajstić information content (AvgIpc) is 2.59. The van der Waals surface area contributed by atoms with Gasteiger partial charge in [-0.05, 0) is 18.2 Å². The summed E-state index contributed by atoms with van der Waals surface area (Å²) in [6.07, 6.45) is 0. The molecule has 7 heteroatoms. The normalized spacial score (nSPS) is 10.2. The Hall–Kier alpha value is -2.83. The summed E-state index contributed by atoms with van der Waals surface area (Å²) in [6.45, 7) is -0.0817. The number of halogens is 2. The Bertz CT molecular complexity index is 724. The molecule has 0 unspecified atom stereocenters. The molecule has 2 rings (SSSR count). The molecular weight excluding hydrogens is 320 g/mol. The largest absolute Gasteiger partial charge is 0.493 e. The number of rotatable bonds is 6. The van der Waals surface area contributed by atoms with Crippen LogP contribution in [0.3, 0.4) is 0 Å². The van der Waals surface area contributed by atoms with Crippen LogP contribution in [0.4, 0.5) is 8.78 Å². The smallest absolute Gasteiger partial charge is 0.251 e. The van der Waals surface area contributed by atoms with Crippen LogP contribution in [0.1, 0.15) is 15.9 Å². The van der Waals surface area contributed by atoms with E-state index >= 15 is 0 Å². The molecule has 2 aromatic rings. The second kappa shape index (κ2) is 7.63. The number of nitrogens with one attached hydrogen (secondary N) is 1. The van der Waals surface area contributed by atoms with Gasteiger partial charge in [0.1, 0.15) is 11.6 Å². The Labute approximate surface area is 138 Å². The van der Waals surface area contributed by atoms with Gasteiger partial charge in [0.25, 0.3) is 5.91 Å². The molecule has 0 aliphatic carbocycles. The van der Waals surface area contributed by atoms with Crippen molar-refractivity contribution in [1.82, 2.24) is 5.32 Å². The summed E-state index contributed by atoms with van der Waals surface area (Å²) in [5, 5.41) is 2.56. The third-order valence-electron chi connectivity index (χ3n) is 3.38. The van der Waals surface area contributed by atoms with Crippen molar-refractivity contribution in [3.05, 3.63) is 53.1 Å². The maximum absolute atomic E-state index is 13.6. The van der Waals surface area contributed by atoms with E-state index in [0.29, 0.717) is 17.2 Å². The maximum Gasteiger partial charge on any atom is 0.251 e. The van der Waals surface area contributed by atoms with Crippen LogP contribution in [0, 0.1) is 11.6 Å². The molecule has 128 valence electrons. The molecule has 24 heavy (non-hydrogen) atoms. The van der Waals surface area contributed by atoms with Crippen LogP contribution in [-0.2, 0) is 6.54 Å². The Morgan fingerprint density at radius 3 is 2.12 bits per heavy atom. The van der Waals surface area contributed by atoms with Gasteiger partial charge in [-0.15, -0.1) is 0 Å². The molecule has 0 bridgehead atoms. The van der Waals surface area contributed by atoms with E-state index in [-0.39, 0.29) is 17.7 Å². The van der Waals surface area contributed by atoms with Gasteiger partial charge in [-0.25, -0.2) is 8.78 Å². The fourth-order valence-electron chi connectivity index (χ4n) is 2.15. The highest BCUT2D eigenvalue weighted by Gasteiger charge is 2.17. The van der Waals surface area contributed by atoms with E-state index in [1.165, 1.54) is 39.5 Å². The van der Waals surface area contributed by atoms with Gasteiger partial charge in [-0.1, -0.05) is 6.07 Å². The van der Waals surface area contributed by atoms with Gasteiger partial charge in [-0.3, -0.25) is 4.79 Å².